The summed E-state index contributed by atoms with van der Waals surface area (Å²) >= 11 is 0. The van der Waals surface area contributed by atoms with Gasteiger partial charge in [-0.2, -0.15) is 0 Å². The number of methoxy groups -OCH3 is 1. The number of carbonyl (C=O) groups is 3. The number of aromatic nitrogens is 2. The van der Waals surface area contributed by atoms with Crippen LogP contribution < -0.4 is 24.8 Å². The number of H-pyrrole nitrogens is 1. The molecule has 3 aliphatic rings. The van der Waals surface area contributed by atoms with Gasteiger partial charge in [0.15, 0.2) is 6.61 Å². The molecule has 11 nitrogen and oxygen atoms in total. The number of aryl methyl sites for hydroxylation is 2. The molecule has 12 heteroatoms. The number of halogens is 1. The fraction of sp³-hybridized carbons (Fsp3) is 0.333. The fourth-order valence-electron chi connectivity index (χ4n) is 5.63. The number of amides is 3. The lowest BCUT2D eigenvalue weighted by Gasteiger charge is -2.39. The third-order valence-electron chi connectivity index (χ3n) is 8.12. The van der Waals surface area contributed by atoms with E-state index in [-0.39, 0.29) is 49.7 Å². The molecule has 7 rings (SSSR count). The molecule has 234 valence electrons. The Morgan fingerprint density at radius 2 is 2.00 bits per heavy atom. The molecular formula is C33H34FN5O6. The van der Waals surface area contributed by atoms with E-state index in [1.54, 1.807) is 48.4 Å². The number of benzene rings is 3. The molecule has 3 N–H and O–H groups in total. The molecule has 3 amide bonds. The highest BCUT2D eigenvalue weighted by Crippen LogP contribution is 2.28. The van der Waals surface area contributed by atoms with Crippen LogP contribution in [0.2, 0.25) is 0 Å². The summed E-state index contributed by atoms with van der Waals surface area (Å²) in [5.74, 6) is 0.978. The smallest absolute Gasteiger partial charge is 0.258 e. The maximum atomic E-state index is 13.6. The Bertz CT molecular complexity index is 1760. The van der Waals surface area contributed by atoms with Gasteiger partial charge in [-0.15, -0.1) is 0 Å². The molecule has 4 heterocycles. The van der Waals surface area contributed by atoms with Crippen LogP contribution >= 0.6 is 0 Å². The predicted octanol–water partition coefficient (Wildman–Crippen LogP) is 3.44. The van der Waals surface area contributed by atoms with Gasteiger partial charge in [0, 0.05) is 56.1 Å². The standard InChI is InChI=1S/C33H34FN5O6/c1-19-3-4-20-13-28(19)44-18-31(40)35-16-21-5-7-23(15-29(21)43-2)45-27-11-12-39(17-26(27)38-33(20)42)32(41)10-9-30-36-24-8-6-22(34)14-25(24)37-30/h3-8,13-15,26-27H,9-12,16-18H2,1-2H3,(H,35,40)(H,36,37)(H,38,42)/t26-,27+/m0/s1. The minimum Gasteiger partial charge on any atom is -0.496 e. The Balaban J connectivity index is 1.22. The van der Waals surface area contributed by atoms with E-state index in [9.17, 15) is 18.8 Å². The average molecular weight is 616 g/mol. The highest BCUT2D eigenvalue weighted by atomic mass is 19.1. The molecular weight excluding hydrogens is 581 g/mol. The Morgan fingerprint density at radius 1 is 1.13 bits per heavy atom. The van der Waals surface area contributed by atoms with Gasteiger partial charge in [0.25, 0.3) is 11.8 Å². The van der Waals surface area contributed by atoms with E-state index in [0.717, 1.165) is 11.1 Å². The lowest BCUT2D eigenvalue weighted by Crippen LogP contribution is -2.58. The average Bonchev–Trinajstić information content (AvgIpc) is 3.44. The zero-order valence-corrected chi connectivity index (χ0v) is 25.0. The highest BCUT2D eigenvalue weighted by Gasteiger charge is 2.34. The Kier molecular flexibility index (Phi) is 8.54. The molecule has 0 spiro atoms. The molecule has 3 aromatic carbocycles. The number of ether oxygens (including phenoxy) is 3. The van der Waals surface area contributed by atoms with Crippen molar-refractivity contribution in [2.75, 3.05) is 26.8 Å². The summed E-state index contributed by atoms with van der Waals surface area (Å²) in [7, 11) is 1.54. The van der Waals surface area contributed by atoms with E-state index in [0.29, 0.717) is 59.1 Å². The fourth-order valence-corrected chi connectivity index (χ4v) is 5.63. The first-order chi connectivity index (χ1) is 21.7. The number of carbonyl (C=O) groups excluding carboxylic acids is 3. The van der Waals surface area contributed by atoms with Crippen molar-refractivity contribution in [2.24, 2.45) is 0 Å². The number of nitrogens with one attached hydrogen (secondary N) is 3. The van der Waals surface area contributed by atoms with E-state index < -0.39 is 12.1 Å². The van der Waals surface area contributed by atoms with Gasteiger partial charge in [0.2, 0.25) is 5.91 Å². The zero-order chi connectivity index (χ0) is 31.5. The maximum Gasteiger partial charge on any atom is 0.258 e. The first-order valence-electron chi connectivity index (χ1n) is 14.8. The lowest BCUT2D eigenvalue weighted by molar-refractivity contribution is -0.133. The van der Waals surface area contributed by atoms with Crippen molar-refractivity contribution in [3.05, 3.63) is 82.9 Å². The summed E-state index contributed by atoms with van der Waals surface area (Å²) in [6.07, 6.45) is 0.593. The summed E-state index contributed by atoms with van der Waals surface area (Å²) in [5.41, 5.74) is 3.12. The Hall–Kier alpha value is -5.13. The minimum atomic E-state index is -0.528. The third kappa shape index (κ3) is 6.84. The Labute approximate surface area is 259 Å². The largest absolute Gasteiger partial charge is 0.496 e. The molecule has 4 aromatic rings. The van der Waals surface area contributed by atoms with Crippen LogP contribution in [0.4, 0.5) is 4.39 Å². The van der Waals surface area contributed by atoms with Gasteiger partial charge in [-0.05, 0) is 55.0 Å². The van der Waals surface area contributed by atoms with Crippen LogP contribution in [0.5, 0.6) is 17.2 Å². The first kappa shape index (κ1) is 29.9. The number of hydrogen-bond donors (Lipinski definition) is 3. The lowest BCUT2D eigenvalue weighted by atomic mass is 10.00. The van der Waals surface area contributed by atoms with Gasteiger partial charge in [-0.3, -0.25) is 14.4 Å². The minimum absolute atomic E-state index is 0.0908. The summed E-state index contributed by atoms with van der Waals surface area (Å²) in [6, 6.07) is 14.2. The molecule has 45 heavy (non-hydrogen) atoms. The molecule has 3 aliphatic heterocycles. The van der Waals surface area contributed by atoms with Crippen molar-refractivity contribution in [1.29, 1.82) is 0 Å². The van der Waals surface area contributed by atoms with E-state index in [1.807, 2.05) is 13.0 Å². The molecule has 1 saturated heterocycles. The van der Waals surface area contributed by atoms with Crippen molar-refractivity contribution < 1.29 is 33.0 Å². The molecule has 4 bridgehead atoms. The van der Waals surface area contributed by atoms with Gasteiger partial charge < -0.3 is 34.7 Å². The van der Waals surface area contributed by atoms with Gasteiger partial charge >= 0.3 is 0 Å². The molecule has 2 atom stereocenters. The topological polar surface area (TPSA) is 135 Å². The summed E-state index contributed by atoms with van der Waals surface area (Å²) in [5, 5.41) is 5.91. The van der Waals surface area contributed by atoms with Crippen LogP contribution in [0, 0.1) is 12.7 Å². The molecule has 1 fully saturated rings. The number of hydrogen-bond acceptors (Lipinski definition) is 7. The number of aromatic amines is 1. The normalized spacial score (nSPS) is 18.7. The van der Waals surface area contributed by atoms with Crippen LogP contribution in [-0.4, -0.2) is 71.5 Å². The SMILES string of the molecule is COc1cc2ccc1CNC(=O)COc1cc(ccc1C)C(=O)N[C@H]1CN(C(=O)CCc3nc4ccc(F)cc4[nH]3)CC[C@H]1O2. The number of rotatable bonds is 4. The van der Waals surface area contributed by atoms with E-state index in [2.05, 4.69) is 20.6 Å². The molecule has 0 saturated carbocycles. The van der Waals surface area contributed by atoms with Crippen LogP contribution in [0.3, 0.4) is 0 Å². The van der Waals surface area contributed by atoms with Crippen molar-refractivity contribution in [3.8, 4) is 17.2 Å². The summed E-state index contributed by atoms with van der Waals surface area (Å²) < 4.78 is 31.3. The number of fused-ring (bicyclic) bond motifs is 8. The molecule has 0 unspecified atom stereocenters. The second-order valence-corrected chi connectivity index (χ2v) is 11.2. The summed E-state index contributed by atoms with van der Waals surface area (Å²) in [6.45, 7) is 2.52. The highest BCUT2D eigenvalue weighted by molar-refractivity contribution is 5.95. The van der Waals surface area contributed by atoms with E-state index in [4.69, 9.17) is 14.2 Å². The van der Waals surface area contributed by atoms with Crippen molar-refractivity contribution >= 4 is 28.8 Å². The number of imidazole rings is 1. The van der Waals surface area contributed by atoms with Crippen LogP contribution in [0.25, 0.3) is 11.0 Å². The van der Waals surface area contributed by atoms with Crippen LogP contribution in [0.1, 0.15) is 40.2 Å². The first-order valence-corrected chi connectivity index (χ1v) is 14.8. The monoisotopic (exact) mass is 615 g/mol. The van der Waals surface area contributed by atoms with Gasteiger partial charge in [-0.25, -0.2) is 9.37 Å². The molecule has 0 aliphatic carbocycles. The van der Waals surface area contributed by atoms with Gasteiger partial charge in [0.05, 0.1) is 24.2 Å². The van der Waals surface area contributed by atoms with Crippen LogP contribution in [-0.2, 0) is 22.6 Å². The van der Waals surface area contributed by atoms with E-state index >= 15 is 0 Å². The van der Waals surface area contributed by atoms with E-state index in [1.165, 1.54) is 12.1 Å². The van der Waals surface area contributed by atoms with Gasteiger partial charge in [0.1, 0.15) is 35.0 Å². The predicted molar refractivity (Wildman–Crippen MR) is 163 cm³/mol. The maximum absolute atomic E-state index is 13.6. The van der Waals surface area contributed by atoms with Crippen molar-refractivity contribution in [1.82, 2.24) is 25.5 Å². The van der Waals surface area contributed by atoms with Crippen molar-refractivity contribution in [3.63, 3.8) is 0 Å². The second-order valence-electron chi connectivity index (χ2n) is 11.2. The second kappa shape index (κ2) is 12.8. The summed E-state index contributed by atoms with van der Waals surface area (Å²) in [4.78, 5) is 48.6. The van der Waals surface area contributed by atoms with Crippen molar-refractivity contribution in [2.45, 2.75) is 44.9 Å². The van der Waals surface area contributed by atoms with Crippen LogP contribution in [0.15, 0.2) is 54.6 Å². The van der Waals surface area contributed by atoms with Gasteiger partial charge in [-0.1, -0.05) is 6.07 Å². The number of piperidine rings is 1. The quantitative estimate of drug-likeness (QED) is 0.320. The molecule has 0 radical (unpaired) electrons. The molecule has 1 aromatic heterocycles. The number of likely N-dealkylation sites (tertiary alicyclic amines) is 1. The Morgan fingerprint density at radius 3 is 2.84 bits per heavy atom. The number of nitrogens with zero attached hydrogens (tertiary/aromatic N) is 2. The zero-order valence-electron chi connectivity index (χ0n) is 25.0. The third-order valence-corrected chi connectivity index (χ3v) is 8.12.